The van der Waals surface area contributed by atoms with Gasteiger partial charge in [-0.3, -0.25) is 4.79 Å². The van der Waals surface area contributed by atoms with Crippen LogP contribution in [0.5, 0.6) is 0 Å². The van der Waals surface area contributed by atoms with Crippen LogP contribution in [0.3, 0.4) is 0 Å². The van der Waals surface area contributed by atoms with Gasteiger partial charge in [0, 0.05) is 18.5 Å². The average molecular weight is 667 g/mol. The zero-order valence-electron chi connectivity index (χ0n) is 29.9. The van der Waals surface area contributed by atoms with Gasteiger partial charge in [-0.1, -0.05) is 135 Å². The van der Waals surface area contributed by atoms with E-state index < -0.39 is 11.8 Å². The Labute approximate surface area is 291 Å². The Bertz CT molecular complexity index is 1020. The van der Waals surface area contributed by atoms with Crippen LogP contribution < -0.4 is 10.7 Å². The molecule has 0 aromatic heterocycles. The van der Waals surface area contributed by atoms with Gasteiger partial charge in [-0.05, 0) is 30.2 Å². The maximum Gasteiger partial charge on any atom is 0.158 e. The normalized spacial score (nSPS) is 14.9. The summed E-state index contributed by atoms with van der Waals surface area (Å²) in [4.78, 5) is 13.6. The van der Waals surface area contributed by atoms with Crippen LogP contribution in [0.4, 0.5) is 0 Å². The van der Waals surface area contributed by atoms with Gasteiger partial charge in [0.2, 0.25) is 0 Å². The van der Waals surface area contributed by atoms with E-state index in [9.17, 15) is 10.1 Å². The predicted octanol–water partition coefficient (Wildman–Crippen LogP) is 9.57. The van der Waals surface area contributed by atoms with Crippen molar-refractivity contribution in [3.63, 3.8) is 0 Å². The second kappa shape index (κ2) is 30.3. The third-order valence-corrected chi connectivity index (χ3v) is 8.89. The molecular weight excluding hydrogens is 602 g/mol. The summed E-state index contributed by atoms with van der Waals surface area (Å²) in [6, 6.07) is 2.31. The largest absolute Gasteiger partial charge is 0.379 e. The summed E-state index contributed by atoms with van der Waals surface area (Å²) in [5.41, 5.74) is 5.16. The van der Waals surface area contributed by atoms with Gasteiger partial charge >= 0.3 is 0 Å². The lowest BCUT2D eigenvalue weighted by Gasteiger charge is -2.21. The number of unbranched alkanes of at least 4 members (excludes halogenated alkanes) is 17. The second-order valence-corrected chi connectivity index (χ2v) is 12.9. The van der Waals surface area contributed by atoms with E-state index in [0.29, 0.717) is 58.2 Å². The Morgan fingerprint density at radius 3 is 1.85 bits per heavy atom. The topological polar surface area (TPSA) is 119 Å². The van der Waals surface area contributed by atoms with Gasteiger partial charge < -0.3 is 19.5 Å². The smallest absolute Gasteiger partial charge is 0.158 e. The Morgan fingerprint density at radius 2 is 1.29 bits per heavy atom. The van der Waals surface area contributed by atoms with E-state index in [1.807, 2.05) is 30.5 Å². The first-order chi connectivity index (χ1) is 23.8. The lowest BCUT2D eigenvalue weighted by Crippen LogP contribution is -2.30. The van der Waals surface area contributed by atoms with Crippen molar-refractivity contribution >= 4 is 5.78 Å². The van der Waals surface area contributed by atoms with E-state index in [4.69, 9.17) is 14.2 Å². The lowest BCUT2D eigenvalue weighted by molar-refractivity contribution is -0.125. The van der Waals surface area contributed by atoms with Crippen LogP contribution in [0.15, 0.2) is 58.4 Å². The van der Waals surface area contributed by atoms with Gasteiger partial charge in [0.15, 0.2) is 5.78 Å². The van der Waals surface area contributed by atoms with Crippen molar-refractivity contribution in [2.45, 2.75) is 135 Å². The van der Waals surface area contributed by atoms with E-state index in [2.05, 4.69) is 34.1 Å². The SMILES string of the molecule is CCCCCCCCCCCCCCCCCCCCC(C#N)C(=O)C(CCOCCOCCOCC1=C[N]N=N1)C1=CC=CC=CN1. The van der Waals surface area contributed by atoms with Crippen molar-refractivity contribution in [2.24, 2.45) is 22.2 Å². The van der Waals surface area contributed by atoms with Crippen molar-refractivity contribution < 1.29 is 19.0 Å². The number of nitrogens with zero attached hydrogens (tertiary/aromatic N) is 4. The number of ether oxygens (including phenoxy) is 3. The summed E-state index contributed by atoms with van der Waals surface area (Å²) >= 11 is 0. The summed E-state index contributed by atoms with van der Waals surface area (Å²) in [6.07, 6.45) is 36.0. The van der Waals surface area contributed by atoms with Crippen molar-refractivity contribution in [2.75, 3.05) is 39.6 Å². The quantitative estimate of drug-likeness (QED) is 0.0697. The second-order valence-electron chi connectivity index (χ2n) is 12.9. The minimum absolute atomic E-state index is 0.0198. The van der Waals surface area contributed by atoms with Crippen molar-refractivity contribution in [1.82, 2.24) is 10.7 Å². The highest BCUT2D eigenvalue weighted by molar-refractivity contribution is 5.88. The van der Waals surface area contributed by atoms with Crippen LogP contribution in [0.25, 0.3) is 0 Å². The minimum Gasteiger partial charge on any atom is -0.379 e. The summed E-state index contributed by atoms with van der Waals surface area (Å²) < 4.78 is 16.8. The zero-order chi connectivity index (χ0) is 34.2. The number of hydrogen-bond acceptors (Lipinski definition) is 8. The molecule has 0 aromatic carbocycles. The molecule has 0 amide bonds. The van der Waals surface area contributed by atoms with Crippen LogP contribution in [0.2, 0.25) is 0 Å². The number of ketones is 1. The highest BCUT2D eigenvalue weighted by Crippen LogP contribution is 2.24. The van der Waals surface area contributed by atoms with Gasteiger partial charge in [-0.25, -0.2) is 0 Å². The summed E-state index contributed by atoms with van der Waals surface area (Å²) in [7, 11) is 0. The Morgan fingerprint density at radius 1 is 0.729 bits per heavy atom. The average Bonchev–Trinajstić information content (AvgIpc) is 3.48. The molecule has 269 valence electrons. The molecule has 2 aliphatic rings. The number of hydrogen-bond donors (Lipinski definition) is 1. The van der Waals surface area contributed by atoms with E-state index in [1.54, 1.807) is 6.20 Å². The Balaban J connectivity index is 1.53. The van der Waals surface area contributed by atoms with Gasteiger partial charge in [0.05, 0.1) is 51.2 Å². The molecule has 0 aromatic rings. The van der Waals surface area contributed by atoms with Gasteiger partial charge in [-0.15, -0.1) is 10.5 Å². The summed E-state index contributed by atoms with van der Waals surface area (Å²) in [5.74, 6) is -1.04. The van der Waals surface area contributed by atoms with E-state index in [1.165, 1.54) is 103 Å². The molecule has 0 spiro atoms. The fraction of sp³-hybridized carbons (Fsp3) is 0.744. The number of allylic oxidation sites excluding steroid dienone is 5. The third kappa shape index (κ3) is 21.2. The molecule has 9 heteroatoms. The van der Waals surface area contributed by atoms with Crippen molar-refractivity contribution in [3.8, 4) is 6.07 Å². The monoisotopic (exact) mass is 666 g/mol. The fourth-order valence-corrected chi connectivity index (χ4v) is 5.99. The van der Waals surface area contributed by atoms with Crippen molar-refractivity contribution in [3.05, 3.63) is 48.1 Å². The molecule has 2 atom stereocenters. The molecule has 0 saturated heterocycles. The van der Waals surface area contributed by atoms with Gasteiger partial charge in [-0.2, -0.15) is 5.26 Å². The van der Waals surface area contributed by atoms with Crippen LogP contribution in [-0.4, -0.2) is 45.4 Å². The summed E-state index contributed by atoms with van der Waals surface area (Å²) in [5, 5.41) is 20.5. The first-order valence-corrected chi connectivity index (χ1v) is 19.0. The van der Waals surface area contributed by atoms with Crippen molar-refractivity contribution in [1.29, 1.82) is 5.26 Å². The predicted molar refractivity (Wildman–Crippen MR) is 193 cm³/mol. The molecule has 2 unspecified atom stereocenters. The molecule has 9 nitrogen and oxygen atoms in total. The molecule has 0 saturated carbocycles. The Hall–Kier alpha value is -2.80. The number of carbonyl (C=O) groups excluding carboxylic acids is 1. The molecule has 2 rings (SSSR count). The number of carbonyl (C=O) groups is 1. The maximum absolute atomic E-state index is 13.6. The van der Waals surface area contributed by atoms with Crippen LogP contribution in [-0.2, 0) is 19.0 Å². The van der Waals surface area contributed by atoms with Crippen LogP contribution in [0, 0.1) is 23.2 Å². The first kappa shape index (κ1) is 41.4. The molecule has 1 N–H and O–H groups in total. The first-order valence-electron chi connectivity index (χ1n) is 19.0. The molecule has 0 bridgehead atoms. The number of rotatable bonds is 33. The minimum atomic E-state index is -0.603. The number of Topliss-reactive ketones (excluding diaryl/α,β-unsaturated/α-hetero) is 1. The summed E-state index contributed by atoms with van der Waals surface area (Å²) in [6.45, 7) is 4.80. The highest BCUT2D eigenvalue weighted by Gasteiger charge is 2.29. The Kier molecular flexibility index (Phi) is 26.1. The lowest BCUT2D eigenvalue weighted by atomic mass is 9.85. The van der Waals surface area contributed by atoms with Gasteiger partial charge in [0.1, 0.15) is 11.6 Å². The molecule has 0 fully saturated rings. The maximum atomic E-state index is 13.6. The van der Waals surface area contributed by atoms with Gasteiger partial charge in [0.25, 0.3) is 0 Å². The van der Waals surface area contributed by atoms with Crippen LogP contribution >= 0.6 is 0 Å². The molecule has 48 heavy (non-hydrogen) atoms. The van der Waals surface area contributed by atoms with Crippen LogP contribution in [0.1, 0.15) is 135 Å². The van der Waals surface area contributed by atoms with E-state index >= 15 is 0 Å². The molecule has 2 aliphatic heterocycles. The molecular formula is C39H64N5O4. The number of nitriles is 1. The zero-order valence-corrected chi connectivity index (χ0v) is 29.9. The highest BCUT2D eigenvalue weighted by atomic mass is 16.5. The fourth-order valence-electron chi connectivity index (χ4n) is 5.99. The van der Waals surface area contributed by atoms with E-state index in [-0.39, 0.29) is 5.78 Å². The van der Waals surface area contributed by atoms with E-state index in [0.717, 1.165) is 18.5 Å². The number of nitrogens with one attached hydrogen (secondary N) is 1. The standard InChI is InChI=1S/C39H64N5O4/c1-2-3-4-5-6-7-8-9-10-11-12-13-14-15-16-17-18-20-23-35(32-40)39(45)37(38-24-21-19-22-26-41-38)25-27-46-28-29-47-30-31-48-34-36-33-42-44-43-36/h19,21-22,24,26,33,35,37,41H,2-18,20,23,25,27-31,34H2,1H3. The molecule has 2 heterocycles. The molecule has 1 radical (unpaired) electrons. The molecule has 0 aliphatic carbocycles. The third-order valence-electron chi connectivity index (χ3n) is 8.89.